The quantitative estimate of drug-likeness (QED) is 0.161. The van der Waals surface area contributed by atoms with Crippen molar-refractivity contribution in [1.29, 1.82) is 0 Å². The third-order valence-corrected chi connectivity index (χ3v) is 9.62. The van der Waals surface area contributed by atoms with Gasteiger partial charge in [-0.3, -0.25) is 0 Å². The zero-order valence-corrected chi connectivity index (χ0v) is 37.8. The normalized spacial score (nSPS) is 16.4. The summed E-state index contributed by atoms with van der Waals surface area (Å²) in [5.74, 6) is 0. The summed E-state index contributed by atoms with van der Waals surface area (Å²) < 4.78 is 112. The molecule has 1 radical (unpaired) electrons. The van der Waals surface area contributed by atoms with Gasteiger partial charge < -0.3 is 18.8 Å². The van der Waals surface area contributed by atoms with Crippen LogP contribution in [0.2, 0.25) is 0 Å². The van der Waals surface area contributed by atoms with Gasteiger partial charge in [0.15, 0.2) is 0 Å². The number of aromatic nitrogens is 2. The third kappa shape index (κ3) is 9.14. The van der Waals surface area contributed by atoms with Crippen LogP contribution in [0.4, 0.5) is 0 Å². The van der Waals surface area contributed by atoms with Crippen molar-refractivity contribution in [1.82, 2.24) is 9.97 Å². The maximum atomic E-state index is 8.89. The Balaban J connectivity index is 0.000000220. The Bertz CT molecular complexity index is 3500. The Morgan fingerprint density at radius 2 is 1.15 bits per heavy atom. The van der Waals surface area contributed by atoms with Gasteiger partial charge in [0.25, 0.3) is 0 Å². The molecule has 0 saturated carbocycles. The van der Waals surface area contributed by atoms with Gasteiger partial charge in [-0.2, -0.15) is 0 Å². The number of fused-ring (bicyclic) bond motifs is 9. The number of hydrogen-bond acceptors (Lipinski definition) is 4. The second kappa shape index (κ2) is 16.4. The second-order valence-electron chi connectivity index (χ2n) is 18.1. The van der Waals surface area contributed by atoms with E-state index in [0.717, 1.165) is 43.5 Å². The Kier molecular flexibility index (Phi) is 8.21. The summed E-state index contributed by atoms with van der Waals surface area (Å²) in [6.07, 6.45) is -2.92. The number of benzene rings is 5. The van der Waals surface area contributed by atoms with Crippen LogP contribution in [0, 0.1) is 42.1 Å². The largest absolute Gasteiger partial charge is 0.500 e. The van der Waals surface area contributed by atoms with E-state index in [2.05, 4.69) is 34.2 Å². The molecule has 309 valence electrons. The van der Waals surface area contributed by atoms with E-state index in [0.29, 0.717) is 33.7 Å². The van der Waals surface area contributed by atoms with Crippen molar-refractivity contribution in [3.05, 3.63) is 143 Å². The summed E-state index contributed by atoms with van der Waals surface area (Å²) in [4.78, 5) is 8.88. The number of nitrogens with zero attached hydrogens (tertiary/aromatic N) is 2. The first-order valence-corrected chi connectivity index (χ1v) is 19.8. The molecule has 9 rings (SSSR count). The Morgan fingerprint density at radius 1 is 0.567 bits per heavy atom. The van der Waals surface area contributed by atoms with Gasteiger partial charge in [-0.25, -0.2) is 0 Å². The van der Waals surface area contributed by atoms with Crippen LogP contribution in [-0.4, -0.2) is 9.97 Å². The van der Waals surface area contributed by atoms with Crippen LogP contribution in [-0.2, 0) is 39.2 Å². The number of para-hydroxylation sites is 1. The first-order chi connectivity index (χ1) is 32.7. The minimum Gasteiger partial charge on any atom is -0.500 e. The average Bonchev–Trinajstić information content (AvgIpc) is 3.86. The van der Waals surface area contributed by atoms with Crippen LogP contribution < -0.4 is 0 Å². The molecule has 4 nitrogen and oxygen atoms in total. The van der Waals surface area contributed by atoms with Crippen molar-refractivity contribution in [2.45, 2.75) is 95.1 Å². The molecular formula is C55H56IrN2O2-2. The predicted molar refractivity (Wildman–Crippen MR) is 248 cm³/mol. The Labute approximate surface area is 386 Å². The summed E-state index contributed by atoms with van der Waals surface area (Å²) in [5.41, 5.74) is 2.97. The van der Waals surface area contributed by atoms with Crippen molar-refractivity contribution >= 4 is 54.6 Å². The van der Waals surface area contributed by atoms with E-state index in [4.69, 9.17) is 25.3 Å². The maximum absolute atomic E-state index is 8.89. The summed E-state index contributed by atoms with van der Waals surface area (Å²) in [6.45, 7) is 11.2. The van der Waals surface area contributed by atoms with Gasteiger partial charge in [-0.05, 0) is 94.6 Å². The van der Waals surface area contributed by atoms with Gasteiger partial charge in [0, 0.05) is 75.9 Å². The molecule has 5 heteroatoms. The predicted octanol–water partition coefficient (Wildman–Crippen LogP) is 15.4. The molecule has 0 aliphatic rings. The van der Waals surface area contributed by atoms with Crippen LogP contribution in [0.1, 0.15) is 107 Å². The number of rotatable bonds is 5. The molecule has 0 atom stereocenters. The summed E-state index contributed by atoms with van der Waals surface area (Å²) in [5, 5.41) is 5.73. The monoisotopic (exact) mass is 981 g/mol. The van der Waals surface area contributed by atoms with E-state index in [-0.39, 0.29) is 47.9 Å². The molecule has 0 unspecified atom stereocenters. The summed E-state index contributed by atoms with van der Waals surface area (Å²) in [6, 6.07) is 33.6. The number of furan rings is 2. The first kappa shape index (κ1) is 30.0. The molecule has 0 saturated heterocycles. The van der Waals surface area contributed by atoms with Crippen LogP contribution in [0.25, 0.3) is 77.2 Å². The molecule has 0 aliphatic heterocycles. The number of pyridine rings is 2. The minimum absolute atomic E-state index is 0. The fourth-order valence-electron chi connectivity index (χ4n) is 7.27. The van der Waals surface area contributed by atoms with Crippen LogP contribution in [0.5, 0.6) is 0 Å². The van der Waals surface area contributed by atoms with Crippen molar-refractivity contribution in [2.24, 2.45) is 16.2 Å². The van der Waals surface area contributed by atoms with E-state index in [1.54, 1.807) is 86.6 Å². The van der Waals surface area contributed by atoms with Gasteiger partial charge in [0.05, 0.1) is 5.58 Å². The number of aryl methyl sites for hydroxylation is 2. The van der Waals surface area contributed by atoms with E-state index >= 15 is 0 Å². The third-order valence-electron chi connectivity index (χ3n) is 9.62. The topological polar surface area (TPSA) is 52.1 Å². The van der Waals surface area contributed by atoms with Crippen molar-refractivity contribution in [3.8, 4) is 22.5 Å². The maximum Gasteiger partial charge on any atom is 0.143 e. The van der Waals surface area contributed by atoms with Gasteiger partial charge in [-0.15, -0.1) is 53.6 Å². The Morgan fingerprint density at radius 3 is 1.78 bits per heavy atom. The minimum atomic E-state index is -2.52. The van der Waals surface area contributed by atoms with E-state index in [9.17, 15) is 0 Å². The molecular weight excluding hydrogens is 913 g/mol. The summed E-state index contributed by atoms with van der Waals surface area (Å²) in [7, 11) is 0. The molecule has 0 spiro atoms. The zero-order chi connectivity index (χ0) is 52.2. The van der Waals surface area contributed by atoms with Gasteiger partial charge in [0.1, 0.15) is 16.7 Å². The molecule has 0 fully saturated rings. The van der Waals surface area contributed by atoms with E-state index in [1.807, 2.05) is 42.5 Å². The van der Waals surface area contributed by atoms with Crippen molar-refractivity contribution < 1.29 is 45.4 Å². The fraction of sp³-hybridized carbons (Fsp3) is 0.309. The van der Waals surface area contributed by atoms with E-state index in [1.165, 1.54) is 24.5 Å². The smallest absolute Gasteiger partial charge is 0.143 e. The molecule has 0 N–H and O–H groups in total. The molecule has 4 aromatic heterocycles. The van der Waals surface area contributed by atoms with Crippen LogP contribution in [0.3, 0.4) is 0 Å². The Hall–Kier alpha value is -5.09. The SMILES string of the molecule is [2H]C([2H])([2H])c1c[c-]c(-c2cc(C([2H])([2H])C(C)(C)C)c(C([2H])([2H])C(C)(C)C)cn2)cc1.[2H]C([2H])([2H])c1cnc(-c2[c-]ccc3c2oc2c3ccc3c2ccc2c4ccccc4oc23)cc1C([2H])([2H])C(C)(C)C.[Ir]. The van der Waals surface area contributed by atoms with Gasteiger partial charge in [0.2, 0.25) is 0 Å². The van der Waals surface area contributed by atoms with Gasteiger partial charge >= 0.3 is 0 Å². The van der Waals surface area contributed by atoms with Crippen LogP contribution >= 0.6 is 0 Å². The van der Waals surface area contributed by atoms with E-state index < -0.39 is 49.1 Å². The van der Waals surface area contributed by atoms with Gasteiger partial charge in [-0.1, -0.05) is 122 Å². The average molecular weight is 981 g/mol. The standard InChI is InChI=1S/C33H26NO2.C22H30N.Ir/c1-19-18-34-28(16-20(19)17-33(2,3)4)27-10-7-9-22-24-14-15-25-26(31(24)36-32(22)27)13-12-23-21-8-5-6-11-29(21)35-30(23)25;1-16-8-10-17(11-9-16)20-12-18(13-21(2,3)4)19(15-23-20)14-22(5,6)7;/h5-9,11-16,18H,17H2,1-4H3;8-10,12,15H,13-14H2,1-7H3;/q2*-1;/i1D3,17D2;1D3,13D2,14D2;. The fourth-order valence-corrected chi connectivity index (χ4v) is 7.27. The molecule has 0 amide bonds. The second-order valence-corrected chi connectivity index (χ2v) is 18.1. The van der Waals surface area contributed by atoms with Crippen molar-refractivity contribution in [3.63, 3.8) is 0 Å². The zero-order valence-electron chi connectivity index (χ0n) is 47.4. The summed E-state index contributed by atoms with van der Waals surface area (Å²) >= 11 is 0. The first-order valence-electron chi connectivity index (χ1n) is 25.8. The van der Waals surface area contributed by atoms with Crippen LogP contribution in [0.15, 0.2) is 112 Å². The number of hydrogen-bond donors (Lipinski definition) is 0. The molecule has 5 aromatic carbocycles. The molecule has 9 aromatic rings. The molecule has 60 heavy (non-hydrogen) atoms. The van der Waals surface area contributed by atoms with Crippen molar-refractivity contribution in [2.75, 3.05) is 0 Å². The molecule has 0 aliphatic carbocycles. The molecule has 0 bridgehead atoms. The molecule has 4 heterocycles.